The van der Waals surface area contributed by atoms with Gasteiger partial charge in [0.25, 0.3) is 0 Å². The van der Waals surface area contributed by atoms with Gasteiger partial charge in [-0.15, -0.1) is 0 Å². The third-order valence-electron chi connectivity index (χ3n) is 2.15. The molecule has 0 aliphatic carbocycles. The number of aliphatic hydroxyl groups is 1. The van der Waals surface area contributed by atoms with Crippen LogP contribution in [0, 0.1) is 5.41 Å². The van der Waals surface area contributed by atoms with Crippen LogP contribution in [0.3, 0.4) is 0 Å². The maximum atomic E-state index is 9.20. The van der Waals surface area contributed by atoms with E-state index in [-0.39, 0.29) is 18.1 Å². The maximum Gasteiger partial charge on any atom is 0.126 e. The molecule has 0 aromatic heterocycles. The lowest BCUT2D eigenvalue weighted by molar-refractivity contribution is 0.0332. The van der Waals surface area contributed by atoms with Crippen molar-refractivity contribution in [3.05, 3.63) is 30.3 Å². The Morgan fingerprint density at radius 2 is 1.79 bits per heavy atom. The van der Waals surface area contributed by atoms with E-state index in [1.165, 1.54) is 0 Å². The molecule has 0 fully saturated rings. The van der Waals surface area contributed by atoms with Gasteiger partial charge < -0.3 is 9.84 Å². The molecule has 2 heteroatoms. The van der Waals surface area contributed by atoms with Crippen LogP contribution in [0.15, 0.2) is 30.3 Å². The second-order valence-corrected chi connectivity index (χ2v) is 4.47. The molecule has 0 saturated carbocycles. The predicted molar refractivity (Wildman–Crippen MR) is 57.4 cm³/mol. The van der Waals surface area contributed by atoms with Gasteiger partial charge in [-0.25, -0.2) is 0 Å². The standard InChI is InChI=1S/C12H18O2/c1-12(2,3)11(9-13)14-10-7-5-4-6-8-10/h4-8,11,13H,9H2,1-3H3/t11-/m0/s1. The minimum Gasteiger partial charge on any atom is -0.487 e. The van der Waals surface area contributed by atoms with Crippen LogP contribution in [0.25, 0.3) is 0 Å². The van der Waals surface area contributed by atoms with Crippen LogP contribution in [0.4, 0.5) is 0 Å². The summed E-state index contributed by atoms with van der Waals surface area (Å²) < 4.78 is 5.68. The third-order valence-corrected chi connectivity index (χ3v) is 2.15. The molecule has 1 aromatic carbocycles. The van der Waals surface area contributed by atoms with Gasteiger partial charge in [0.15, 0.2) is 0 Å². The first-order valence-electron chi connectivity index (χ1n) is 4.86. The van der Waals surface area contributed by atoms with E-state index in [1.54, 1.807) is 0 Å². The van der Waals surface area contributed by atoms with Crippen molar-refractivity contribution in [3.63, 3.8) is 0 Å². The Hall–Kier alpha value is -1.02. The minimum atomic E-state index is -0.162. The van der Waals surface area contributed by atoms with Crippen molar-refractivity contribution in [3.8, 4) is 5.75 Å². The number of para-hydroxylation sites is 1. The Kier molecular flexibility index (Phi) is 3.53. The molecule has 1 atom stereocenters. The SMILES string of the molecule is CC(C)(C)[C@H](CO)Oc1ccccc1. The molecule has 0 bridgehead atoms. The number of benzene rings is 1. The fourth-order valence-corrected chi connectivity index (χ4v) is 1.15. The first-order valence-corrected chi connectivity index (χ1v) is 4.86. The Balaban J connectivity index is 2.67. The van der Waals surface area contributed by atoms with Crippen LogP contribution in [-0.2, 0) is 0 Å². The average molecular weight is 194 g/mol. The van der Waals surface area contributed by atoms with E-state index >= 15 is 0 Å². The van der Waals surface area contributed by atoms with Gasteiger partial charge in [0.1, 0.15) is 11.9 Å². The molecule has 0 heterocycles. The van der Waals surface area contributed by atoms with E-state index in [1.807, 2.05) is 30.3 Å². The number of hydrogen-bond donors (Lipinski definition) is 1. The van der Waals surface area contributed by atoms with E-state index in [0.29, 0.717) is 0 Å². The second kappa shape index (κ2) is 4.47. The van der Waals surface area contributed by atoms with Gasteiger partial charge in [-0.1, -0.05) is 39.0 Å². The van der Waals surface area contributed by atoms with Gasteiger partial charge in [0.05, 0.1) is 6.61 Å². The molecule has 1 N–H and O–H groups in total. The molecule has 0 radical (unpaired) electrons. The van der Waals surface area contributed by atoms with Gasteiger partial charge >= 0.3 is 0 Å². The zero-order valence-electron chi connectivity index (χ0n) is 9.03. The highest BCUT2D eigenvalue weighted by molar-refractivity contribution is 5.21. The van der Waals surface area contributed by atoms with E-state index in [2.05, 4.69) is 20.8 Å². The Morgan fingerprint density at radius 3 is 2.21 bits per heavy atom. The normalized spacial score (nSPS) is 13.7. The Bertz CT molecular complexity index is 261. The van der Waals surface area contributed by atoms with E-state index in [0.717, 1.165) is 5.75 Å². The molecule has 0 amide bonds. The summed E-state index contributed by atoms with van der Waals surface area (Å²) in [4.78, 5) is 0. The van der Waals surface area contributed by atoms with E-state index < -0.39 is 0 Å². The summed E-state index contributed by atoms with van der Waals surface area (Å²) in [6, 6.07) is 9.58. The first kappa shape index (κ1) is 11.1. The number of hydrogen-bond acceptors (Lipinski definition) is 2. The minimum absolute atomic E-state index is 0.0401. The molecular formula is C12H18O2. The summed E-state index contributed by atoms with van der Waals surface area (Å²) in [5, 5.41) is 9.20. The zero-order chi connectivity index (χ0) is 10.6. The molecule has 0 aliphatic heterocycles. The monoisotopic (exact) mass is 194 g/mol. The van der Waals surface area contributed by atoms with Crippen molar-refractivity contribution in [1.29, 1.82) is 0 Å². The zero-order valence-corrected chi connectivity index (χ0v) is 9.03. The van der Waals surface area contributed by atoms with Crippen LogP contribution in [0.5, 0.6) is 5.75 Å². The Morgan fingerprint density at radius 1 is 1.21 bits per heavy atom. The smallest absolute Gasteiger partial charge is 0.126 e. The maximum absolute atomic E-state index is 9.20. The highest BCUT2D eigenvalue weighted by atomic mass is 16.5. The number of aliphatic hydroxyl groups excluding tert-OH is 1. The van der Waals surface area contributed by atoms with E-state index in [4.69, 9.17) is 4.74 Å². The van der Waals surface area contributed by atoms with Crippen molar-refractivity contribution in [2.24, 2.45) is 5.41 Å². The summed E-state index contributed by atoms with van der Waals surface area (Å²) >= 11 is 0. The molecule has 14 heavy (non-hydrogen) atoms. The number of rotatable bonds is 3. The lowest BCUT2D eigenvalue weighted by atomic mass is 9.89. The lowest BCUT2D eigenvalue weighted by Gasteiger charge is -2.29. The van der Waals surface area contributed by atoms with Gasteiger partial charge in [0, 0.05) is 5.41 Å². The molecule has 0 spiro atoms. The summed E-state index contributed by atoms with van der Waals surface area (Å²) in [7, 11) is 0. The molecule has 1 rings (SSSR count). The van der Waals surface area contributed by atoms with Crippen LogP contribution in [0.2, 0.25) is 0 Å². The van der Waals surface area contributed by atoms with Gasteiger partial charge in [0.2, 0.25) is 0 Å². The van der Waals surface area contributed by atoms with Crippen molar-refractivity contribution in [1.82, 2.24) is 0 Å². The van der Waals surface area contributed by atoms with Gasteiger partial charge in [-0.05, 0) is 12.1 Å². The number of ether oxygens (including phenoxy) is 1. The highest BCUT2D eigenvalue weighted by Gasteiger charge is 2.25. The highest BCUT2D eigenvalue weighted by Crippen LogP contribution is 2.24. The fourth-order valence-electron chi connectivity index (χ4n) is 1.15. The third kappa shape index (κ3) is 3.04. The van der Waals surface area contributed by atoms with Crippen molar-refractivity contribution < 1.29 is 9.84 Å². The molecular weight excluding hydrogens is 176 g/mol. The van der Waals surface area contributed by atoms with Crippen molar-refractivity contribution in [2.75, 3.05) is 6.61 Å². The molecule has 0 saturated heterocycles. The summed E-state index contributed by atoms with van der Waals surface area (Å²) in [5.74, 6) is 0.807. The van der Waals surface area contributed by atoms with Crippen molar-refractivity contribution in [2.45, 2.75) is 26.9 Å². The van der Waals surface area contributed by atoms with Gasteiger partial charge in [-0.3, -0.25) is 0 Å². The van der Waals surface area contributed by atoms with E-state index in [9.17, 15) is 5.11 Å². The first-order chi connectivity index (χ1) is 6.54. The summed E-state index contributed by atoms with van der Waals surface area (Å²) in [6.45, 7) is 6.20. The molecule has 2 nitrogen and oxygen atoms in total. The summed E-state index contributed by atoms with van der Waals surface area (Å²) in [5.41, 5.74) is -0.0510. The average Bonchev–Trinajstić information content (AvgIpc) is 2.14. The topological polar surface area (TPSA) is 29.5 Å². The predicted octanol–water partition coefficient (Wildman–Crippen LogP) is 2.47. The van der Waals surface area contributed by atoms with Crippen LogP contribution in [0.1, 0.15) is 20.8 Å². The quantitative estimate of drug-likeness (QED) is 0.801. The van der Waals surface area contributed by atoms with Crippen LogP contribution >= 0.6 is 0 Å². The molecule has 0 aliphatic rings. The Labute approximate surface area is 85.5 Å². The fraction of sp³-hybridized carbons (Fsp3) is 0.500. The van der Waals surface area contributed by atoms with Crippen LogP contribution in [-0.4, -0.2) is 17.8 Å². The summed E-state index contributed by atoms with van der Waals surface area (Å²) in [6.07, 6.45) is -0.162. The van der Waals surface area contributed by atoms with Gasteiger partial charge in [-0.2, -0.15) is 0 Å². The molecule has 78 valence electrons. The molecule has 0 unspecified atom stereocenters. The van der Waals surface area contributed by atoms with Crippen molar-refractivity contribution >= 4 is 0 Å². The molecule has 1 aromatic rings. The lowest BCUT2D eigenvalue weighted by Crippen LogP contribution is -2.35. The largest absolute Gasteiger partial charge is 0.487 e. The second-order valence-electron chi connectivity index (χ2n) is 4.47. The van der Waals surface area contributed by atoms with Crippen LogP contribution < -0.4 is 4.74 Å².